The Kier molecular flexibility index (Phi) is 8.28. The summed E-state index contributed by atoms with van der Waals surface area (Å²) in [7, 11) is 0. The SMILES string of the molecule is CC(=O)NCCNc1nc(-c2ccccc2)nc2[nH]c(C(=O)N3CCN(C/C=C/c4ccccc4)CC3)cc12. The maximum atomic E-state index is 13.4. The molecule has 0 aliphatic carbocycles. The van der Waals surface area contributed by atoms with Crippen molar-refractivity contribution in [2.75, 3.05) is 51.1 Å². The van der Waals surface area contributed by atoms with Crippen molar-refractivity contribution in [3.8, 4) is 11.4 Å². The summed E-state index contributed by atoms with van der Waals surface area (Å²) < 4.78 is 0. The first-order valence-electron chi connectivity index (χ1n) is 13.2. The van der Waals surface area contributed by atoms with Crippen LogP contribution in [0.2, 0.25) is 0 Å². The fourth-order valence-corrected chi connectivity index (χ4v) is 4.60. The standard InChI is InChI=1S/C30H33N7O2/c1-22(38)31-14-15-32-28-25-21-26(33-29(25)35-27(34-28)24-12-6-3-7-13-24)30(39)37-19-17-36(18-20-37)16-8-11-23-9-4-2-5-10-23/h2-13,21H,14-20H2,1H3,(H,31,38)(H2,32,33,34,35)/b11-8+. The van der Waals surface area contributed by atoms with E-state index in [1.807, 2.05) is 59.5 Å². The van der Waals surface area contributed by atoms with Gasteiger partial charge in [0.1, 0.15) is 17.2 Å². The summed E-state index contributed by atoms with van der Waals surface area (Å²) in [6.45, 7) is 6.26. The molecule has 1 aliphatic rings. The third kappa shape index (κ3) is 6.69. The normalized spacial score (nSPS) is 14.1. The van der Waals surface area contributed by atoms with E-state index >= 15 is 0 Å². The summed E-state index contributed by atoms with van der Waals surface area (Å²) in [5, 5.41) is 6.82. The molecule has 9 nitrogen and oxygen atoms in total. The summed E-state index contributed by atoms with van der Waals surface area (Å²) in [6.07, 6.45) is 4.31. The predicted molar refractivity (Wildman–Crippen MR) is 154 cm³/mol. The molecule has 1 aliphatic heterocycles. The van der Waals surface area contributed by atoms with Crippen molar-refractivity contribution >= 4 is 34.7 Å². The number of aromatic amines is 1. The number of amides is 2. The minimum Gasteiger partial charge on any atom is -0.368 e. The molecule has 5 rings (SSSR count). The average molecular weight is 524 g/mol. The van der Waals surface area contributed by atoms with Gasteiger partial charge in [0.2, 0.25) is 5.91 Å². The molecule has 2 aromatic carbocycles. The molecule has 2 aromatic heterocycles. The van der Waals surface area contributed by atoms with E-state index in [9.17, 15) is 9.59 Å². The largest absolute Gasteiger partial charge is 0.368 e. The Labute approximate surface area is 228 Å². The fourth-order valence-electron chi connectivity index (χ4n) is 4.60. The fraction of sp³-hybridized carbons (Fsp3) is 0.267. The Balaban J connectivity index is 1.28. The zero-order chi connectivity index (χ0) is 27.0. The highest BCUT2D eigenvalue weighted by Crippen LogP contribution is 2.26. The number of piperazine rings is 1. The van der Waals surface area contributed by atoms with Crippen LogP contribution in [0.5, 0.6) is 0 Å². The van der Waals surface area contributed by atoms with Gasteiger partial charge in [0.15, 0.2) is 5.82 Å². The van der Waals surface area contributed by atoms with E-state index < -0.39 is 0 Å². The summed E-state index contributed by atoms with van der Waals surface area (Å²) in [4.78, 5) is 41.6. The monoisotopic (exact) mass is 523 g/mol. The van der Waals surface area contributed by atoms with E-state index in [0.717, 1.165) is 30.6 Å². The predicted octanol–water partition coefficient (Wildman–Crippen LogP) is 3.64. The number of rotatable bonds is 9. The lowest BCUT2D eigenvalue weighted by Crippen LogP contribution is -2.48. The van der Waals surface area contributed by atoms with Gasteiger partial charge in [-0.15, -0.1) is 0 Å². The molecule has 39 heavy (non-hydrogen) atoms. The lowest BCUT2D eigenvalue weighted by Gasteiger charge is -2.33. The molecule has 200 valence electrons. The molecule has 4 aromatic rings. The van der Waals surface area contributed by atoms with Gasteiger partial charge in [-0.2, -0.15) is 0 Å². The van der Waals surface area contributed by atoms with Gasteiger partial charge in [-0.05, 0) is 11.6 Å². The van der Waals surface area contributed by atoms with E-state index in [-0.39, 0.29) is 11.8 Å². The van der Waals surface area contributed by atoms with Gasteiger partial charge in [0.25, 0.3) is 5.91 Å². The van der Waals surface area contributed by atoms with Crippen molar-refractivity contribution in [3.05, 3.63) is 84.1 Å². The molecular weight excluding hydrogens is 490 g/mol. The maximum absolute atomic E-state index is 13.4. The highest BCUT2D eigenvalue weighted by Gasteiger charge is 2.24. The highest BCUT2D eigenvalue weighted by atomic mass is 16.2. The highest BCUT2D eigenvalue weighted by molar-refractivity contribution is 6.00. The molecule has 3 heterocycles. The molecule has 0 radical (unpaired) electrons. The van der Waals surface area contributed by atoms with Gasteiger partial charge >= 0.3 is 0 Å². The lowest BCUT2D eigenvalue weighted by molar-refractivity contribution is -0.118. The first kappa shape index (κ1) is 26.1. The summed E-state index contributed by atoms with van der Waals surface area (Å²) in [5.74, 6) is 1.05. The lowest BCUT2D eigenvalue weighted by atomic mass is 10.2. The molecule has 0 bridgehead atoms. The minimum atomic E-state index is -0.0866. The van der Waals surface area contributed by atoms with Crippen molar-refractivity contribution in [1.82, 2.24) is 30.1 Å². The maximum Gasteiger partial charge on any atom is 0.270 e. The Morgan fingerprint density at radius 2 is 1.67 bits per heavy atom. The molecule has 3 N–H and O–H groups in total. The van der Waals surface area contributed by atoms with Crippen LogP contribution >= 0.6 is 0 Å². The van der Waals surface area contributed by atoms with Crippen LogP contribution in [-0.4, -0.2) is 82.4 Å². The van der Waals surface area contributed by atoms with Gasteiger partial charge < -0.3 is 20.5 Å². The number of nitrogens with zero attached hydrogens (tertiary/aromatic N) is 4. The minimum absolute atomic E-state index is 0.0436. The van der Waals surface area contributed by atoms with Crippen LogP contribution in [0.4, 0.5) is 5.82 Å². The van der Waals surface area contributed by atoms with Gasteiger partial charge in [-0.3, -0.25) is 14.5 Å². The molecule has 1 saturated heterocycles. The van der Waals surface area contributed by atoms with Crippen molar-refractivity contribution in [2.45, 2.75) is 6.92 Å². The number of nitrogens with one attached hydrogen (secondary N) is 3. The Morgan fingerprint density at radius 3 is 2.38 bits per heavy atom. The van der Waals surface area contributed by atoms with Crippen LogP contribution in [-0.2, 0) is 4.79 Å². The van der Waals surface area contributed by atoms with Gasteiger partial charge in [0.05, 0.1) is 5.39 Å². The molecule has 1 fully saturated rings. The van der Waals surface area contributed by atoms with Crippen LogP contribution < -0.4 is 10.6 Å². The van der Waals surface area contributed by atoms with E-state index in [1.54, 1.807) is 0 Å². The van der Waals surface area contributed by atoms with Gasteiger partial charge in [0, 0.05) is 58.3 Å². The molecule has 9 heteroatoms. The quantitative estimate of drug-likeness (QED) is 0.289. The summed E-state index contributed by atoms with van der Waals surface area (Å²) in [6, 6.07) is 21.8. The number of benzene rings is 2. The number of anilines is 1. The van der Waals surface area contributed by atoms with Crippen LogP contribution in [0.1, 0.15) is 23.0 Å². The van der Waals surface area contributed by atoms with Crippen molar-refractivity contribution in [2.24, 2.45) is 0 Å². The Hall–Kier alpha value is -4.50. The van der Waals surface area contributed by atoms with Crippen LogP contribution in [0.25, 0.3) is 28.5 Å². The smallest absolute Gasteiger partial charge is 0.270 e. The van der Waals surface area contributed by atoms with Crippen LogP contribution in [0, 0.1) is 0 Å². The van der Waals surface area contributed by atoms with Crippen LogP contribution in [0.15, 0.2) is 72.8 Å². The number of H-pyrrole nitrogens is 1. The number of aromatic nitrogens is 3. The topological polar surface area (TPSA) is 106 Å². The number of hydrogen-bond donors (Lipinski definition) is 3. The second kappa shape index (κ2) is 12.4. The third-order valence-electron chi connectivity index (χ3n) is 6.67. The van der Waals surface area contributed by atoms with Crippen molar-refractivity contribution < 1.29 is 9.59 Å². The second-order valence-corrected chi connectivity index (χ2v) is 9.52. The summed E-state index contributed by atoms with van der Waals surface area (Å²) >= 11 is 0. The molecule has 2 amide bonds. The Morgan fingerprint density at radius 1 is 0.949 bits per heavy atom. The molecule has 0 spiro atoms. The molecular formula is C30H33N7O2. The van der Waals surface area contributed by atoms with E-state index in [1.165, 1.54) is 12.5 Å². The zero-order valence-corrected chi connectivity index (χ0v) is 22.1. The second-order valence-electron chi connectivity index (χ2n) is 9.52. The van der Waals surface area contributed by atoms with E-state index in [2.05, 4.69) is 44.8 Å². The van der Waals surface area contributed by atoms with Crippen molar-refractivity contribution in [3.63, 3.8) is 0 Å². The molecule has 0 saturated carbocycles. The third-order valence-corrected chi connectivity index (χ3v) is 6.67. The number of carbonyl (C=O) groups excluding carboxylic acids is 2. The zero-order valence-electron chi connectivity index (χ0n) is 22.1. The van der Waals surface area contributed by atoms with Crippen molar-refractivity contribution in [1.29, 1.82) is 0 Å². The molecule has 0 atom stereocenters. The Bertz CT molecular complexity index is 1440. The number of fused-ring (bicyclic) bond motifs is 1. The summed E-state index contributed by atoms with van der Waals surface area (Å²) in [5.41, 5.74) is 3.16. The first-order valence-corrected chi connectivity index (χ1v) is 13.2. The van der Waals surface area contributed by atoms with E-state index in [0.29, 0.717) is 49.2 Å². The van der Waals surface area contributed by atoms with Gasteiger partial charge in [-0.25, -0.2) is 9.97 Å². The van der Waals surface area contributed by atoms with Crippen LogP contribution in [0.3, 0.4) is 0 Å². The number of carbonyl (C=O) groups is 2. The number of hydrogen-bond acceptors (Lipinski definition) is 6. The molecule has 0 unspecified atom stereocenters. The van der Waals surface area contributed by atoms with E-state index in [4.69, 9.17) is 9.97 Å². The van der Waals surface area contributed by atoms with Gasteiger partial charge in [-0.1, -0.05) is 72.8 Å². The average Bonchev–Trinajstić information content (AvgIpc) is 3.41. The first-order chi connectivity index (χ1) is 19.1.